The van der Waals surface area contributed by atoms with E-state index in [-0.39, 0.29) is 0 Å². The van der Waals surface area contributed by atoms with Crippen molar-refractivity contribution >= 4 is 34.0 Å². The number of hydrogen-bond acceptors (Lipinski definition) is 3. The summed E-state index contributed by atoms with van der Waals surface area (Å²) in [6.45, 7) is 1.97. The van der Waals surface area contributed by atoms with Crippen LogP contribution in [0, 0.1) is 6.92 Å². The molecule has 0 unspecified atom stereocenters. The predicted molar refractivity (Wildman–Crippen MR) is 80.8 cm³/mol. The van der Waals surface area contributed by atoms with Crippen LogP contribution in [-0.4, -0.2) is 10.2 Å². The number of aromatic nitrogens is 2. The van der Waals surface area contributed by atoms with Gasteiger partial charge in [-0.3, -0.25) is 0 Å². The predicted octanol–water partition coefficient (Wildman–Crippen LogP) is 5.04. The Morgan fingerprint density at radius 2 is 1.70 bits per heavy atom. The van der Waals surface area contributed by atoms with Crippen LogP contribution < -0.4 is 4.74 Å². The fourth-order valence-corrected chi connectivity index (χ4v) is 2.39. The second-order valence-corrected chi connectivity index (χ2v) is 5.14. The second-order valence-electron chi connectivity index (χ2n) is 4.38. The van der Waals surface area contributed by atoms with Crippen molar-refractivity contribution in [2.45, 2.75) is 6.92 Å². The first kappa shape index (κ1) is 13.2. The van der Waals surface area contributed by atoms with Crippen molar-refractivity contribution in [1.82, 2.24) is 10.2 Å². The van der Waals surface area contributed by atoms with E-state index in [1.54, 1.807) is 0 Å². The number of halogens is 2. The molecule has 0 spiro atoms. The third kappa shape index (κ3) is 2.42. The van der Waals surface area contributed by atoms with Gasteiger partial charge in [-0.1, -0.05) is 47.5 Å². The van der Waals surface area contributed by atoms with Gasteiger partial charge in [0, 0.05) is 10.8 Å². The zero-order valence-electron chi connectivity index (χ0n) is 10.6. The van der Waals surface area contributed by atoms with Crippen molar-refractivity contribution in [3.05, 3.63) is 58.2 Å². The van der Waals surface area contributed by atoms with Crippen molar-refractivity contribution in [3.8, 4) is 11.6 Å². The molecule has 0 aliphatic carbocycles. The molecule has 3 aromatic rings. The number of nitrogens with zero attached hydrogens (tertiary/aromatic N) is 2. The third-order valence-electron chi connectivity index (χ3n) is 2.90. The van der Waals surface area contributed by atoms with Crippen LogP contribution in [0.2, 0.25) is 10.2 Å². The van der Waals surface area contributed by atoms with Crippen LogP contribution in [0.15, 0.2) is 42.5 Å². The van der Waals surface area contributed by atoms with Gasteiger partial charge in [0.25, 0.3) is 0 Å². The van der Waals surface area contributed by atoms with E-state index < -0.39 is 0 Å². The highest BCUT2D eigenvalue weighted by molar-refractivity contribution is 6.34. The minimum Gasteiger partial charge on any atom is -0.435 e. The maximum atomic E-state index is 6.16. The molecule has 0 atom stereocenters. The summed E-state index contributed by atoms with van der Waals surface area (Å²) in [6, 6.07) is 13.1. The molecular formula is C15H10Cl2N2O. The molecule has 0 saturated carbocycles. The molecule has 0 saturated heterocycles. The lowest BCUT2D eigenvalue weighted by molar-refractivity contribution is 0.462. The average Bonchev–Trinajstić information content (AvgIpc) is 2.45. The molecule has 0 N–H and O–H groups in total. The van der Waals surface area contributed by atoms with Gasteiger partial charge < -0.3 is 4.74 Å². The lowest BCUT2D eigenvalue weighted by Crippen LogP contribution is -1.94. The van der Waals surface area contributed by atoms with Crippen LogP contribution >= 0.6 is 23.2 Å². The Hall–Kier alpha value is -1.84. The molecule has 20 heavy (non-hydrogen) atoms. The number of hydrogen-bond donors (Lipinski definition) is 0. The van der Waals surface area contributed by atoms with Crippen LogP contribution in [0.25, 0.3) is 10.8 Å². The molecular weight excluding hydrogens is 295 g/mol. The number of rotatable bonds is 2. The maximum Gasteiger partial charge on any atom is 0.246 e. The van der Waals surface area contributed by atoms with Gasteiger partial charge >= 0.3 is 0 Å². The Balaban J connectivity index is 2.09. The number of ether oxygens (including phenoxy) is 1. The molecule has 100 valence electrons. The Kier molecular flexibility index (Phi) is 3.47. The number of aryl methyl sites for hydroxylation is 1. The Bertz CT molecular complexity index is 790. The highest BCUT2D eigenvalue weighted by Gasteiger charge is 2.11. The summed E-state index contributed by atoms with van der Waals surface area (Å²) in [5, 5.41) is 10.4. The van der Waals surface area contributed by atoms with Crippen LogP contribution in [0.4, 0.5) is 0 Å². The van der Waals surface area contributed by atoms with E-state index in [4.69, 9.17) is 27.9 Å². The minimum atomic E-state index is 0.350. The van der Waals surface area contributed by atoms with Gasteiger partial charge in [-0.2, -0.15) is 0 Å². The molecule has 0 fully saturated rings. The maximum absolute atomic E-state index is 6.16. The van der Waals surface area contributed by atoms with Crippen molar-refractivity contribution in [2.75, 3.05) is 0 Å². The minimum absolute atomic E-state index is 0.350. The largest absolute Gasteiger partial charge is 0.435 e. The average molecular weight is 305 g/mol. The summed E-state index contributed by atoms with van der Waals surface area (Å²) in [6.07, 6.45) is 0. The van der Waals surface area contributed by atoms with E-state index in [0.717, 1.165) is 16.3 Å². The highest BCUT2D eigenvalue weighted by atomic mass is 35.5. The van der Waals surface area contributed by atoms with Crippen LogP contribution in [0.5, 0.6) is 11.6 Å². The highest BCUT2D eigenvalue weighted by Crippen LogP contribution is 2.33. The molecule has 1 heterocycles. The van der Waals surface area contributed by atoms with Crippen LogP contribution in [0.1, 0.15) is 5.56 Å². The Morgan fingerprint density at radius 3 is 2.45 bits per heavy atom. The first-order chi connectivity index (χ1) is 9.65. The summed E-state index contributed by atoms with van der Waals surface area (Å²) < 4.78 is 5.77. The third-order valence-corrected chi connectivity index (χ3v) is 3.48. The molecule has 0 radical (unpaired) electrons. The molecule has 2 aromatic carbocycles. The second kappa shape index (κ2) is 5.27. The van der Waals surface area contributed by atoms with E-state index in [1.807, 2.05) is 49.4 Å². The standard InChI is InChI=1S/C15H10Cl2N2O/c1-9-6-7-13(12(16)8-9)20-15-11-5-3-2-4-10(11)14(17)18-19-15/h2-8H,1H3. The summed E-state index contributed by atoms with van der Waals surface area (Å²) in [5.74, 6) is 0.926. The van der Waals surface area contributed by atoms with E-state index in [9.17, 15) is 0 Å². The van der Waals surface area contributed by atoms with E-state index >= 15 is 0 Å². The van der Waals surface area contributed by atoms with Gasteiger partial charge in [-0.15, -0.1) is 10.2 Å². The van der Waals surface area contributed by atoms with Crippen molar-refractivity contribution < 1.29 is 4.74 Å². The fourth-order valence-electron chi connectivity index (χ4n) is 1.91. The van der Waals surface area contributed by atoms with Gasteiger partial charge in [0.05, 0.1) is 5.02 Å². The van der Waals surface area contributed by atoms with Gasteiger partial charge in [-0.05, 0) is 30.7 Å². The summed E-state index contributed by atoms with van der Waals surface area (Å²) in [7, 11) is 0. The van der Waals surface area contributed by atoms with Gasteiger partial charge in [0.15, 0.2) is 5.15 Å². The summed E-state index contributed by atoms with van der Waals surface area (Å²) >= 11 is 12.2. The molecule has 1 aromatic heterocycles. The van der Waals surface area contributed by atoms with Crippen molar-refractivity contribution in [1.29, 1.82) is 0 Å². The van der Waals surface area contributed by atoms with E-state index in [2.05, 4.69) is 10.2 Å². The van der Waals surface area contributed by atoms with Gasteiger partial charge in [0.1, 0.15) is 5.75 Å². The van der Waals surface area contributed by atoms with Crippen molar-refractivity contribution in [3.63, 3.8) is 0 Å². The quantitative estimate of drug-likeness (QED) is 0.665. The molecule has 0 aliphatic heterocycles. The fraction of sp³-hybridized carbons (Fsp3) is 0.0667. The molecule has 0 aliphatic rings. The molecule has 0 bridgehead atoms. The molecule has 5 heteroatoms. The lowest BCUT2D eigenvalue weighted by atomic mass is 10.2. The van der Waals surface area contributed by atoms with Crippen LogP contribution in [0.3, 0.4) is 0 Å². The molecule has 0 amide bonds. The summed E-state index contributed by atoms with van der Waals surface area (Å²) in [4.78, 5) is 0. The van der Waals surface area contributed by atoms with Gasteiger partial charge in [-0.25, -0.2) is 0 Å². The van der Waals surface area contributed by atoms with Gasteiger partial charge in [0.2, 0.25) is 5.88 Å². The Labute approximate surface area is 126 Å². The van der Waals surface area contributed by atoms with Crippen LogP contribution in [-0.2, 0) is 0 Å². The topological polar surface area (TPSA) is 35.0 Å². The van der Waals surface area contributed by atoms with Crippen molar-refractivity contribution in [2.24, 2.45) is 0 Å². The first-order valence-electron chi connectivity index (χ1n) is 6.00. The molecule has 3 nitrogen and oxygen atoms in total. The van der Waals surface area contributed by atoms with E-state index in [0.29, 0.717) is 21.8 Å². The smallest absolute Gasteiger partial charge is 0.246 e. The number of benzene rings is 2. The SMILES string of the molecule is Cc1ccc(Oc2nnc(Cl)c3ccccc23)c(Cl)c1. The first-order valence-corrected chi connectivity index (χ1v) is 6.75. The zero-order chi connectivity index (χ0) is 14.1. The summed E-state index contributed by atoms with van der Waals surface area (Å²) in [5.41, 5.74) is 1.06. The monoisotopic (exact) mass is 304 g/mol. The van der Waals surface area contributed by atoms with E-state index in [1.165, 1.54) is 0 Å². The lowest BCUT2D eigenvalue weighted by Gasteiger charge is -2.09. The Morgan fingerprint density at radius 1 is 0.950 bits per heavy atom. The zero-order valence-corrected chi connectivity index (χ0v) is 12.1. The molecule has 3 rings (SSSR count). The normalized spacial score (nSPS) is 10.8. The number of fused-ring (bicyclic) bond motifs is 1.